The summed E-state index contributed by atoms with van der Waals surface area (Å²) in [5.41, 5.74) is 5.74. The van der Waals surface area contributed by atoms with Crippen molar-refractivity contribution < 1.29 is 42.8 Å². The van der Waals surface area contributed by atoms with Gasteiger partial charge in [0.1, 0.15) is 34.5 Å². The summed E-state index contributed by atoms with van der Waals surface area (Å²) in [7, 11) is 1.65. The molecule has 0 atom stereocenters. The molecule has 0 saturated heterocycles. The van der Waals surface area contributed by atoms with Crippen molar-refractivity contribution in [3.8, 4) is 45.6 Å². The van der Waals surface area contributed by atoms with Crippen LogP contribution in [-0.2, 0) is 15.6 Å². The predicted molar refractivity (Wildman–Crippen MR) is 225 cm³/mol. The molecule has 6 aromatic rings. The highest BCUT2D eigenvalue weighted by Crippen LogP contribution is 2.45. The molecule has 9 heteroatoms. The molecule has 9 nitrogen and oxygen atoms in total. The van der Waals surface area contributed by atoms with Gasteiger partial charge >= 0.3 is 18.3 Å². The first-order chi connectivity index (χ1) is 28.5. The molecule has 0 bridgehead atoms. The lowest BCUT2D eigenvalue weighted by Gasteiger charge is -2.38. The molecule has 0 aliphatic heterocycles. The fraction of sp³-hybridized carbons (Fsp3) is 0.220. The van der Waals surface area contributed by atoms with Crippen LogP contribution in [-0.4, -0.2) is 25.4 Å². The number of benzene rings is 6. The van der Waals surface area contributed by atoms with E-state index in [1.165, 1.54) is 6.92 Å². The molecule has 0 spiro atoms. The Balaban J connectivity index is 0.947. The van der Waals surface area contributed by atoms with Gasteiger partial charge in [-0.05, 0) is 119 Å². The molecule has 6 aromatic carbocycles. The van der Waals surface area contributed by atoms with Gasteiger partial charge in [-0.2, -0.15) is 0 Å². The van der Waals surface area contributed by atoms with Crippen LogP contribution in [0.25, 0.3) is 11.1 Å². The minimum absolute atomic E-state index is 0.250. The normalized spacial score (nSPS) is 13.4. The number of carbonyl (C=O) groups excluding carboxylic acids is 3. The Morgan fingerprint density at radius 2 is 0.763 bits per heavy atom. The first kappa shape index (κ1) is 40.3. The van der Waals surface area contributed by atoms with Crippen LogP contribution in [0.2, 0.25) is 0 Å². The maximum atomic E-state index is 12.8. The van der Waals surface area contributed by atoms with Gasteiger partial charge in [0.05, 0.1) is 7.11 Å². The van der Waals surface area contributed by atoms with E-state index in [2.05, 4.69) is 26.0 Å². The topological polar surface area (TPSA) is 107 Å². The zero-order valence-electron chi connectivity index (χ0n) is 33.6. The van der Waals surface area contributed by atoms with Crippen molar-refractivity contribution in [1.29, 1.82) is 0 Å². The quantitative estimate of drug-likeness (QED) is 0.0720. The molecule has 7 rings (SSSR count). The maximum Gasteiger partial charge on any atom is 0.519 e. The summed E-state index contributed by atoms with van der Waals surface area (Å²) < 4.78 is 32.5. The third-order valence-corrected chi connectivity index (χ3v) is 11.0. The van der Waals surface area contributed by atoms with Crippen molar-refractivity contribution in [2.45, 2.75) is 63.7 Å². The number of methoxy groups -OCH3 is 1. The Kier molecular flexibility index (Phi) is 12.1. The van der Waals surface area contributed by atoms with Gasteiger partial charge in [-0.25, -0.2) is 9.59 Å². The zero-order valence-corrected chi connectivity index (χ0v) is 33.6. The smallest absolute Gasteiger partial charge is 0.497 e. The monoisotopic (exact) mass is 790 g/mol. The lowest BCUT2D eigenvalue weighted by molar-refractivity contribution is -0.131. The van der Waals surface area contributed by atoms with Crippen molar-refractivity contribution in [2.75, 3.05) is 7.11 Å². The van der Waals surface area contributed by atoms with Gasteiger partial charge in [0, 0.05) is 17.8 Å². The Hall–Kier alpha value is -6.87. The van der Waals surface area contributed by atoms with E-state index < -0.39 is 12.3 Å². The highest BCUT2D eigenvalue weighted by molar-refractivity contribution is 5.71. The van der Waals surface area contributed by atoms with Crippen LogP contribution >= 0.6 is 0 Å². The molecule has 1 aliphatic rings. The van der Waals surface area contributed by atoms with Crippen molar-refractivity contribution in [3.63, 3.8) is 0 Å². The second-order valence-electron chi connectivity index (χ2n) is 15.1. The summed E-state index contributed by atoms with van der Waals surface area (Å²) >= 11 is 0. The van der Waals surface area contributed by atoms with E-state index in [9.17, 15) is 14.4 Å². The molecular formula is C50H46O9. The molecule has 0 amide bonds. The third-order valence-electron chi connectivity index (χ3n) is 11.0. The van der Waals surface area contributed by atoms with Crippen molar-refractivity contribution in [1.82, 2.24) is 0 Å². The number of rotatable bonds is 11. The number of hydrogen-bond acceptors (Lipinski definition) is 9. The molecule has 300 valence electrons. The molecule has 1 fully saturated rings. The summed E-state index contributed by atoms with van der Waals surface area (Å²) in [6, 6.07) is 44.8. The SMILES string of the molecule is COc1ccc(C(C)(C)c2ccc(OC(=O)Oc3ccc(C4(c5ccc(OC(=O)Oc6ccc(-c7ccc(OC(C)=O)cc7)cc6)cc5)CCCCC4)cc3)cc2)cc1. The molecule has 0 N–H and O–H groups in total. The summed E-state index contributed by atoms with van der Waals surface area (Å²) in [5.74, 6) is 2.38. The summed E-state index contributed by atoms with van der Waals surface area (Å²) in [5, 5.41) is 0. The van der Waals surface area contributed by atoms with Gasteiger partial charge in [-0.15, -0.1) is 0 Å². The number of carbonyl (C=O) groups is 3. The van der Waals surface area contributed by atoms with Crippen LogP contribution in [0, 0.1) is 0 Å². The summed E-state index contributed by atoms with van der Waals surface area (Å²) in [6.07, 6.45) is 3.55. The largest absolute Gasteiger partial charge is 0.519 e. The first-order valence-corrected chi connectivity index (χ1v) is 19.7. The number of hydrogen-bond donors (Lipinski definition) is 0. The second-order valence-corrected chi connectivity index (χ2v) is 15.1. The van der Waals surface area contributed by atoms with Crippen molar-refractivity contribution in [2.24, 2.45) is 0 Å². The Labute approximate surface area is 344 Å². The standard InChI is InChI=1S/C50H46O9/c1-34(51)55-42-20-8-35(9-21-42)36-10-22-43(23-11-36)56-47(52)58-45-28-16-39(17-29-45)50(32-6-5-7-33-50)40-18-30-46(31-19-40)59-48(53)57-44-26-14-38(15-27-44)49(2,3)37-12-24-41(54-4)25-13-37/h8-31H,5-7,32-33H2,1-4H3. The Morgan fingerprint density at radius 1 is 0.441 bits per heavy atom. The van der Waals surface area contributed by atoms with E-state index in [1.54, 1.807) is 67.8 Å². The van der Waals surface area contributed by atoms with Crippen LogP contribution in [0.4, 0.5) is 9.59 Å². The molecule has 0 radical (unpaired) electrons. The average molecular weight is 791 g/mol. The van der Waals surface area contributed by atoms with Gasteiger partial charge in [0.15, 0.2) is 0 Å². The average Bonchev–Trinajstić information content (AvgIpc) is 3.25. The molecule has 1 saturated carbocycles. The van der Waals surface area contributed by atoms with E-state index in [1.807, 2.05) is 72.8 Å². The minimum atomic E-state index is -0.844. The maximum absolute atomic E-state index is 12.8. The van der Waals surface area contributed by atoms with E-state index in [0.717, 1.165) is 71.2 Å². The number of esters is 1. The van der Waals surface area contributed by atoms with Gasteiger partial charge in [0.2, 0.25) is 0 Å². The predicted octanol–water partition coefficient (Wildman–Crippen LogP) is 12.0. The second kappa shape index (κ2) is 17.7. The highest BCUT2D eigenvalue weighted by Gasteiger charge is 2.36. The molecule has 1 aliphatic carbocycles. The van der Waals surface area contributed by atoms with Crippen LogP contribution in [0.15, 0.2) is 146 Å². The lowest BCUT2D eigenvalue weighted by atomic mass is 9.65. The Bertz CT molecular complexity index is 2360. The van der Waals surface area contributed by atoms with E-state index in [-0.39, 0.29) is 16.8 Å². The van der Waals surface area contributed by atoms with Gasteiger partial charge in [-0.3, -0.25) is 4.79 Å². The first-order valence-electron chi connectivity index (χ1n) is 19.7. The van der Waals surface area contributed by atoms with Crippen molar-refractivity contribution >= 4 is 18.3 Å². The Morgan fingerprint density at radius 3 is 1.12 bits per heavy atom. The molecule has 0 aromatic heterocycles. The molecule has 0 unspecified atom stereocenters. The van der Waals surface area contributed by atoms with Gasteiger partial charge in [0.25, 0.3) is 0 Å². The van der Waals surface area contributed by atoms with Gasteiger partial charge in [-0.1, -0.05) is 106 Å². The molecule has 59 heavy (non-hydrogen) atoms. The van der Waals surface area contributed by atoms with E-state index in [4.69, 9.17) is 28.4 Å². The van der Waals surface area contributed by atoms with Gasteiger partial charge < -0.3 is 28.4 Å². The summed E-state index contributed by atoms with van der Waals surface area (Å²) in [4.78, 5) is 36.7. The van der Waals surface area contributed by atoms with Crippen LogP contribution < -0.4 is 28.4 Å². The molecule has 0 heterocycles. The molecular weight excluding hydrogens is 745 g/mol. The fourth-order valence-electron chi connectivity index (χ4n) is 7.72. The van der Waals surface area contributed by atoms with Crippen molar-refractivity contribution in [3.05, 3.63) is 168 Å². The van der Waals surface area contributed by atoms with Crippen LogP contribution in [0.5, 0.6) is 34.5 Å². The third kappa shape index (κ3) is 9.64. The lowest BCUT2D eigenvalue weighted by Crippen LogP contribution is -2.30. The fourth-order valence-corrected chi connectivity index (χ4v) is 7.72. The zero-order chi connectivity index (χ0) is 41.4. The summed E-state index contributed by atoms with van der Waals surface area (Å²) in [6.45, 7) is 5.64. The highest BCUT2D eigenvalue weighted by atomic mass is 16.7. The van der Waals surface area contributed by atoms with Crippen LogP contribution in [0.1, 0.15) is 75.1 Å². The number of ether oxygens (including phenoxy) is 6. The minimum Gasteiger partial charge on any atom is -0.497 e. The van der Waals surface area contributed by atoms with E-state index in [0.29, 0.717) is 28.7 Å². The van der Waals surface area contributed by atoms with E-state index >= 15 is 0 Å². The van der Waals surface area contributed by atoms with Crippen LogP contribution in [0.3, 0.4) is 0 Å².